The number of hydrogen-bond acceptors (Lipinski definition) is 4. The van der Waals surface area contributed by atoms with Gasteiger partial charge in [0.25, 0.3) is 5.69 Å². The summed E-state index contributed by atoms with van der Waals surface area (Å²) in [5.74, 6) is -0.159. The number of hydrogen-bond donors (Lipinski definition) is 1. The Kier molecular flexibility index (Phi) is 4.71. The van der Waals surface area contributed by atoms with Crippen molar-refractivity contribution in [3.63, 3.8) is 0 Å². The van der Waals surface area contributed by atoms with E-state index < -0.39 is 5.60 Å². The minimum Gasteiger partial charge on any atom is -0.618 e. The second-order valence-electron chi connectivity index (χ2n) is 5.72. The van der Waals surface area contributed by atoms with Crippen molar-refractivity contribution in [1.29, 1.82) is 0 Å². The number of halogens is 1. The topological polar surface area (TPSA) is 68.8 Å². The molecule has 2 aromatic rings. The monoisotopic (exact) mass is 364 g/mol. The molecule has 0 fully saturated rings. The molecule has 0 aliphatic rings. The van der Waals surface area contributed by atoms with E-state index in [4.69, 9.17) is 4.84 Å². The lowest BCUT2D eigenvalue weighted by atomic mass is 10.1. The molecular weight excluding hydrogens is 348 g/mol. The van der Waals surface area contributed by atoms with Crippen LogP contribution in [0.4, 0.5) is 0 Å². The van der Waals surface area contributed by atoms with Crippen LogP contribution in [0.2, 0.25) is 0 Å². The zero-order valence-electron chi connectivity index (χ0n) is 12.6. The zero-order valence-corrected chi connectivity index (χ0v) is 14.2. The predicted molar refractivity (Wildman–Crippen MR) is 87.7 cm³/mol. The van der Waals surface area contributed by atoms with Gasteiger partial charge in [0.2, 0.25) is 0 Å². The molecule has 0 aliphatic heterocycles. The van der Waals surface area contributed by atoms with Gasteiger partial charge in [-0.1, -0.05) is 33.2 Å². The predicted octanol–water partition coefficient (Wildman–Crippen LogP) is 3.36. The summed E-state index contributed by atoms with van der Waals surface area (Å²) in [4.78, 5) is 5.46. The van der Waals surface area contributed by atoms with Gasteiger partial charge in [-0.15, -0.1) is 0 Å². The smallest absolute Gasteiger partial charge is 0.288 e. The van der Waals surface area contributed by atoms with Crippen LogP contribution < -0.4 is 4.73 Å². The Morgan fingerprint density at radius 3 is 2.59 bits per heavy atom. The summed E-state index contributed by atoms with van der Waals surface area (Å²) in [6.07, 6.45) is 1.31. The van der Waals surface area contributed by atoms with E-state index in [9.17, 15) is 10.3 Å². The molecule has 0 unspecified atom stereocenters. The quantitative estimate of drug-likeness (QED) is 0.393. The first-order chi connectivity index (χ1) is 10.3. The third-order valence-corrected chi connectivity index (χ3v) is 3.16. The van der Waals surface area contributed by atoms with Crippen LogP contribution in [0.15, 0.2) is 52.2 Å². The lowest BCUT2D eigenvalue weighted by Gasteiger charge is -2.17. The van der Waals surface area contributed by atoms with E-state index in [0.717, 1.165) is 4.47 Å². The van der Waals surface area contributed by atoms with Crippen LogP contribution in [-0.4, -0.2) is 16.4 Å². The van der Waals surface area contributed by atoms with Crippen LogP contribution in [0.3, 0.4) is 0 Å². The minimum absolute atomic E-state index is 0.0462. The Hall–Kier alpha value is -2.08. The Bertz CT molecular complexity index is 689. The molecule has 0 bridgehead atoms. The van der Waals surface area contributed by atoms with Crippen molar-refractivity contribution in [3.8, 4) is 5.75 Å². The fraction of sp³-hybridized carbons (Fsp3) is 0.250. The molecule has 0 amide bonds. The molecule has 0 spiro atoms. The van der Waals surface area contributed by atoms with Crippen molar-refractivity contribution in [2.75, 3.05) is 0 Å². The second kappa shape index (κ2) is 6.36. The van der Waals surface area contributed by atoms with Crippen molar-refractivity contribution in [1.82, 2.24) is 0 Å². The average Bonchev–Trinajstić information content (AvgIpc) is 2.41. The molecule has 0 saturated carbocycles. The highest BCUT2D eigenvalue weighted by Gasteiger charge is 2.23. The fourth-order valence-corrected chi connectivity index (χ4v) is 2.15. The summed E-state index contributed by atoms with van der Waals surface area (Å²) in [5.41, 5.74) is 0.453. The van der Waals surface area contributed by atoms with E-state index in [2.05, 4.69) is 21.1 Å². The molecule has 0 saturated heterocycles. The maximum Gasteiger partial charge on any atom is 0.288 e. The van der Waals surface area contributed by atoms with E-state index in [1.54, 1.807) is 12.1 Å². The largest absolute Gasteiger partial charge is 0.618 e. The molecule has 6 heteroatoms. The minimum atomic E-state index is -0.518. The normalized spacial score (nSPS) is 12.3. The third-order valence-electron chi connectivity index (χ3n) is 2.67. The molecule has 1 aromatic heterocycles. The summed E-state index contributed by atoms with van der Waals surface area (Å²) < 4.78 is 1.41. The fourth-order valence-electron chi connectivity index (χ4n) is 1.76. The van der Waals surface area contributed by atoms with Gasteiger partial charge < -0.3 is 15.2 Å². The van der Waals surface area contributed by atoms with Crippen molar-refractivity contribution in [2.45, 2.75) is 26.4 Å². The first-order valence-corrected chi connectivity index (χ1v) is 7.51. The molecule has 1 N–H and O–H groups in total. The lowest BCUT2D eigenvalue weighted by molar-refractivity contribution is -0.607. The lowest BCUT2D eigenvalue weighted by Crippen LogP contribution is -2.35. The highest BCUT2D eigenvalue weighted by atomic mass is 79.9. The number of aromatic nitrogens is 1. The molecule has 2 rings (SSSR count). The summed E-state index contributed by atoms with van der Waals surface area (Å²) >= 11 is 3.39. The van der Waals surface area contributed by atoms with Crippen LogP contribution in [0.5, 0.6) is 5.75 Å². The van der Waals surface area contributed by atoms with Gasteiger partial charge in [0.15, 0.2) is 17.7 Å². The molecule has 1 heterocycles. The average molecular weight is 365 g/mol. The van der Waals surface area contributed by atoms with Gasteiger partial charge in [-0.2, -0.15) is 4.73 Å². The van der Waals surface area contributed by atoms with Gasteiger partial charge in [0, 0.05) is 16.1 Å². The van der Waals surface area contributed by atoms with Crippen LogP contribution in [0.25, 0.3) is 0 Å². The molecule has 5 nitrogen and oxygen atoms in total. The zero-order chi connectivity index (χ0) is 16.3. The Labute approximate surface area is 137 Å². The van der Waals surface area contributed by atoms with Gasteiger partial charge in [0.1, 0.15) is 5.60 Å². The maximum atomic E-state index is 12.1. The summed E-state index contributed by atoms with van der Waals surface area (Å²) in [7, 11) is 0. The molecule has 0 atom stereocenters. The Balaban J connectivity index is 2.61. The SMILES string of the molecule is CC(C)(C)ON=C(c1cccc(Br)c1)c1c(O)ccc[n+]1[O-]. The molecule has 0 aliphatic carbocycles. The van der Waals surface area contributed by atoms with E-state index in [-0.39, 0.29) is 17.2 Å². The number of benzene rings is 1. The third kappa shape index (κ3) is 3.98. The van der Waals surface area contributed by atoms with Crippen molar-refractivity contribution in [3.05, 3.63) is 63.5 Å². The highest BCUT2D eigenvalue weighted by Crippen LogP contribution is 2.21. The summed E-state index contributed by atoms with van der Waals surface area (Å²) in [5, 5.41) is 26.2. The van der Waals surface area contributed by atoms with E-state index in [1.165, 1.54) is 18.3 Å². The Morgan fingerprint density at radius 1 is 1.27 bits per heavy atom. The number of rotatable bonds is 3. The highest BCUT2D eigenvalue weighted by molar-refractivity contribution is 9.10. The van der Waals surface area contributed by atoms with Gasteiger partial charge in [-0.25, -0.2) is 0 Å². The molecule has 1 aromatic carbocycles. The van der Waals surface area contributed by atoms with E-state index in [0.29, 0.717) is 10.3 Å². The number of nitrogens with zero attached hydrogens (tertiary/aromatic N) is 2. The molecule has 0 radical (unpaired) electrons. The molecule has 116 valence electrons. The molecule has 22 heavy (non-hydrogen) atoms. The van der Waals surface area contributed by atoms with Gasteiger partial charge in [-0.05, 0) is 39.0 Å². The van der Waals surface area contributed by atoms with Crippen molar-refractivity contribution in [2.24, 2.45) is 5.16 Å². The number of aromatic hydroxyl groups is 1. The first-order valence-electron chi connectivity index (χ1n) is 6.71. The second-order valence-corrected chi connectivity index (χ2v) is 6.64. The number of oxime groups is 1. The van der Waals surface area contributed by atoms with Crippen LogP contribution in [0, 0.1) is 5.21 Å². The Morgan fingerprint density at radius 2 is 2.00 bits per heavy atom. The molecular formula is C16H17BrN2O3. The van der Waals surface area contributed by atoms with E-state index >= 15 is 0 Å². The van der Waals surface area contributed by atoms with Gasteiger partial charge in [0.05, 0.1) is 0 Å². The van der Waals surface area contributed by atoms with Crippen molar-refractivity contribution >= 4 is 21.6 Å². The summed E-state index contributed by atoms with van der Waals surface area (Å²) in [6, 6.07) is 10.2. The van der Waals surface area contributed by atoms with E-state index in [1.807, 2.05) is 32.9 Å². The maximum absolute atomic E-state index is 12.1. The van der Waals surface area contributed by atoms with Crippen molar-refractivity contribution < 1.29 is 14.7 Å². The summed E-state index contributed by atoms with van der Waals surface area (Å²) in [6.45, 7) is 5.56. The standard InChI is InChI=1S/C16H17BrN2O3/c1-16(2,3)22-18-14(11-6-4-7-12(17)10-11)15-13(20)8-5-9-19(15)21/h4-10,20H,1-3H3. The van der Waals surface area contributed by atoms with Gasteiger partial charge in [-0.3, -0.25) is 0 Å². The number of pyridine rings is 1. The first kappa shape index (κ1) is 16.3. The van der Waals surface area contributed by atoms with Crippen LogP contribution in [-0.2, 0) is 4.84 Å². The van der Waals surface area contributed by atoms with Gasteiger partial charge >= 0.3 is 0 Å². The van der Waals surface area contributed by atoms with Crippen LogP contribution >= 0.6 is 15.9 Å². The van der Waals surface area contributed by atoms with Crippen LogP contribution in [0.1, 0.15) is 32.0 Å².